The molecule has 5 heteroatoms. The van der Waals surface area contributed by atoms with E-state index in [2.05, 4.69) is 20.9 Å². The van der Waals surface area contributed by atoms with Gasteiger partial charge in [-0.25, -0.2) is 4.98 Å². The zero-order chi connectivity index (χ0) is 6.85. The third-order valence-corrected chi connectivity index (χ3v) is 1.27. The van der Waals surface area contributed by atoms with Gasteiger partial charge in [0.15, 0.2) is 6.20 Å². The van der Waals surface area contributed by atoms with E-state index in [4.69, 9.17) is 11.6 Å². The van der Waals surface area contributed by atoms with Gasteiger partial charge in [-0.05, 0) is 15.9 Å². The number of nitrogen functional groups attached to an aromatic ring is 2. The molecule has 0 aromatic carbocycles. The Balaban J connectivity index is 3.17. The van der Waals surface area contributed by atoms with Crippen molar-refractivity contribution in [1.29, 1.82) is 0 Å². The molecule has 0 aliphatic carbocycles. The van der Waals surface area contributed by atoms with E-state index < -0.39 is 0 Å². The number of aromatic nitrogens is 2. The maximum atomic E-state index is 5.34. The number of rotatable bonds is 0. The monoisotopic (exact) mass is 189 g/mol. The maximum absolute atomic E-state index is 5.34. The van der Waals surface area contributed by atoms with Crippen LogP contribution in [-0.4, -0.2) is 4.98 Å². The molecule has 0 aliphatic heterocycles. The van der Waals surface area contributed by atoms with Gasteiger partial charge < -0.3 is 0 Å². The number of nitrogens with two attached hydrogens (primary N) is 2. The predicted octanol–water partition coefficient (Wildman–Crippen LogP) is -0.572. The summed E-state index contributed by atoms with van der Waals surface area (Å²) in [6.07, 6.45) is 3.05. The van der Waals surface area contributed by atoms with Gasteiger partial charge in [-0.1, -0.05) is 0 Å². The molecule has 0 saturated heterocycles. The van der Waals surface area contributed by atoms with Crippen molar-refractivity contribution in [2.75, 3.05) is 11.6 Å². The molecule has 0 unspecified atom stereocenters. The molecule has 9 heavy (non-hydrogen) atoms. The molecular weight excluding hydrogens is 184 g/mol. The number of nitrogens with zero attached hydrogens (tertiary/aromatic N) is 2. The van der Waals surface area contributed by atoms with E-state index in [1.54, 1.807) is 6.20 Å². The minimum atomic E-state index is 0.429. The first-order valence-corrected chi connectivity index (χ1v) is 3.07. The summed E-state index contributed by atoms with van der Waals surface area (Å²) in [4.78, 5) is 3.83. The zero-order valence-electron chi connectivity index (χ0n) is 4.58. The van der Waals surface area contributed by atoms with Crippen LogP contribution in [0.1, 0.15) is 0 Å². The summed E-state index contributed by atoms with van der Waals surface area (Å²) < 4.78 is 1.95. The van der Waals surface area contributed by atoms with Gasteiger partial charge in [-0.3, -0.25) is 11.6 Å². The van der Waals surface area contributed by atoms with Gasteiger partial charge in [0.2, 0.25) is 0 Å². The van der Waals surface area contributed by atoms with Crippen LogP contribution in [0.25, 0.3) is 0 Å². The molecule has 4 N–H and O–H groups in total. The summed E-state index contributed by atoms with van der Waals surface area (Å²) in [5, 5.41) is 0. The normalized spacial score (nSPS) is 9.44. The smallest absolute Gasteiger partial charge is 0.284 e. The second kappa shape index (κ2) is 2.18. The fourth-order valence-corrected chi connectivity index (χ4v) is 0.740. The molecule has 0 spiro atoms. The highest BCUT2D eigenvalue weighted by atomic mass is 79.9. The van der Waals surface area contributed by atoms with E-state index in [1.165, 1.54) is 10.9 Å². The van der Waals surface area contributed by atoms with Crippen LogP contribution in [0.15, 0.2) is 17.0 Å². The highest BCUT2D eigenvalue weighted by Gasteiger charge is 1.99. The van der Waals surface area contributed by atoms with Crippen LogP contribution < -0.4 is 16.3 Å². The van der Waals surface area contributed by atoms with Crippen molar-refractivity contribution < 1.29 is 4.68 Å². The summed E-state index contributed by atoms with van der Waals surface area (Å²) in [6, 6.07) is 0. The molecule has 4 nitrogen and oxygen atoms in total. The van der Waals surface area contributed by atoms with Crippen LogP contribution in [0.3, 0.4) is 0 Å². The van der Waals surface area contributed by atoms with E-state index in [0.717, 1.165) is 0 Å². The molecular formula is C4H6BrN4+. The number of hydrogen-bond acceptors (Lipinski definition) is 3. The highest BCUT2D eigenvalue weighted by molar-refractivity contribution is 9.10. The summed E-state index contributed by atoms with van der Waals surface area (Å²) >= 11 is 3.13. The molecule has 0 radical (unpaired) electrons. The minimum absolute atomic E-state index is 0.429. The molecule has 0 bridgehead atoms. The van der Waals surface area contributed by atoms with E-state index in [1.807, 2.05) is 0 Å². The van der Waals surface area contributed by atoms with E-state index >= 15 is 0 Å². The Kier molecular flexibility index (Phi) is 1.52. The SMILES string of the molecule is Nc1cnc(Br)c[n+]1N. The average Bonchev–Trinajstić information content (AvgIpc) is 1.80. The third-order valence-electron chi connectivity index (χ3n) is 0.864. The van der Waals surface area contributed by atoms with E-state index in [9.17, 15) is 0 Å². The minimum Gasteiger partial charge on any atom is -0.284 e. The lowest BCUT2D eigenvalue weighted by atomic mass is 10.7. The summed E-state index contributed by atoms with van der Waals surface area (Å²) in [7, 11) is 0. The van der Waals surface area contributed by atoms with Crippen molar-refractivity contribution in [2.45, 2.75) is 0 Å². The number of hydrogen-bond donors (Lipinski definition) is 2. The van der Waals surface area contributed by atoms with Gasteiger partial charge >= 0.3 is 5.82 Å². The van der Waals surface area contributed by atoms with Crippen LogP contribution in [0.2, 0.25) is 0 Å². The van der Waals surface area contributed by atoms with Crippen molar-refractivity contribution in [1.82, 2.24) is 4.98 Å². The van der Waals surface area contributed by atoms with Gasteiger partial charge in [-0.15, -0.1) is 4.68 Å². The van der Waals surface area contributed by atoms with Gasteiger partial charge in [0.25, 0.3) is 0 Å². The Bertz CT molecular complexity index is 224. The van der Waals surface area contributed by atoms with E-state index in [-0.39, 0.29) is 0 Å². The predicted molar refractivity (Wildman–Crippen MR) is 36.7 cm³/mol. The Morgan fingerprint density at radius 2 is 2.33 bits per heavy atom. The second-order valence-corrected chi connectivity index (χ2v) is 2.35. The molecule has 0 amide bonds. The van der Waals surface area contributed by atoms with Crippen LogP contribution in [0, 0.1) is 0 Å². The Morgan fingerprint density at radius 1 is 1.67 bits per heavy atom. The second-order valence-electron chi connectivity index (χ2n) is 1.54. The molecule has 0 saturated carbocycles. The zero-order valence-corrected chi connectivity index (χ0v) is 6.17. The molecule has 1 aromatic rings. The molecule has 48 valence electrons. The van der Waals surface area contributed by atoms with Crippen LogP contribution in [-0.2, 0) is 0 Å². The van der Waals surface area contributed by atoms with Gasteiger partial charge in [0, 0.05) is 0 Å². The molecule has 0 aliphatic rings. The first-order chi connectivity index (χ1) is 4.20. The fraction of sp³-hybridized carbons (Fsp3) is 0. The maximum Gasteiger partial charge on any atom is 0.314 e. The fourth-order valence-electron chi connectivity index (χ4n) is 0.417. The molecule has 1 aromatic heterocycles. The lowest BCUT2D eigenvalue weighted by Gasteiger charge is -1.92. The summed E-state index contributed by atoms with van der Waals surface area (Å²) in [6.45, 7) is 0. The van der Waals surface area contributed by atoms with Crippen molar-refractivity contribution in [3.8, 4) is 0 Å². The number of anilines is 1. The Hall–Kier alpha value is -0.840. The third kappa shape index (κ3) is 1.29. The molecule has 1 rings (SSSR count). The molecule has 0 fully saturated rings. The van der Waals surface area contributed by atoms with Crippen LogP contribution in [0.5, 0.6) is 0 Å². The van der Waals surface area contributed by atoms with Gasteiger partial charge in [0.05, 0.1) is 0 Å². The van der Waals surface area contributed by atoms with Crippen molar-refractivity contribution in [2.24, 2.45) is 0 Å². The van der Waals surface area contributed by atoms with Crippen molar-refractivity contribution in [3.05, 3.63) is 17.0 Å². The quantitative estimate of drug-likeness (QED) is 0.425. The van der Waals surface area contributed by atoms with Crippen LogP contribution >= 0.6 is 15.9 Å². The van der Waals surface area contributed by atoms with Crippen molar-refractivity contribution in [3.63, 3.8) is 0 Å². The first kappa shape index (κ1) is 6.28. The number of halogens is 1. The first-order valence-electron chi connectivity index (χ1n) is 2.28. The van der Waals surface area contributed by atoms with Crippen molar-refractivity contribution >= 4 is 21.7 Å². The van der Waals surface area contributed by atoms with Gasteiger partial charge in [0.1, 0.15) is 10.8 Å². The van der Waals surface area contributed by atoms with E-state index in [0.29, 0.717) is 10.4 Å². The highest BCUT2D eigenvalue weighted by Crippen LogP contribution is 1.99. The standard InChI is InChI=1S/C4H5BrN4/c5-3-2-9(7)4(6)1-8-3/h1-2,6H,7H2/p+1. The lowest BCUT2D eigenvalue weighted by molar-refractivity contribution is -0.624. The molecule has 1 heterocycles. The Labute approximate surface area is 60.6 Å². The largest absolute Gasteiger partial charge is 0.314 e. The summed E-state index contributed by atoms with van der Waals surface area (Å²) in [5.74, 6) is 5.77. The lowest BCUT2D eigenvalue weighted by Crippen LogP contribution is -2.46. The topological polar surface area (TPSA) is 68.8 Å². The van der Waals surface area contributed by atoms with Gasteiger partial charge in [-0.2, -0.15) is 0 Å². The van der Waals surface area contributed by atoms with Crippen LogP contribution in [0.4, 0.5) is 5.82 Å². The molecule has 0 atom stereocenters. The Morgan fingerprint density at radius 3 is 2.78 bits per heavy atom. The average molecular weight is 190 g/mol. The summed E-state index contributed by atoms with van der Waals surface area (Å²) in [5.41, 5.74) is 5.34.